The highest BCUT2D eigenvalue weighted by Gasteiger charge is 2.04. The lowest BCUT2D eigenvalue weighted by Gasteiger charge is -2.07. The SMILES string of the molecule is CC(=O)c1cccc(NCC(=O)NCc2ccco2)c1. The Bertz CT molecular complexity index is 591. The molecule has 0 saturated heterocycles. The summed E-state index contributed by atoms with van der Waals surface area (Å²) in [6, 6.07) is 10.6. The molecule has 0 atom stereocenters. The zero-order valence-electron chi connectivity index (χ0n) is 11.2. The van der Waals surface area contributed by atoms with Gasteiger partial charge in [-0.25, -0.2) is 0 Å². The lowest BCUT2D eigenvalue weighted by Crippen LogP contribution is -2.29. The van der Waals surface area contributed by atoms with Crippen molar-refractivity contribution in [2.45, 2.75) is 13.5 Å². The number of benzene rings is 1. The van der Waals surface area contributed by atoms with Gasteiger partial charge >= 0.3 is 0 Å². The van der Waals surface area contributed by atoms with Crippen molar-refractivity contribution in [3.8, 4) is 0 Å². The van der Waals surface area contributed by atoms with E-state index in [0.29, 0.717) is 17.9 Å². The minimum Gasteiger partial charge on any atom is -0.467 e. The van der Waals surface area contributed by atoms with E-state index in [4.69, 9.17) is 4.42 Å². The number of amides is 1. The van der Waals surface area contributed by atoms with Crippen LogP contribution in [0.25, 0.3) is 0 Å². The Labute approximate surface area is 117 Å². The minimum absolute atomic E-state index is 0.00378. The van der Waals surface area contributed by atoms with E-state index < -0.39 is 0 Å². The monoisotopic (exact) mass is 272 g/mol. The Kier molecular flexibility index (Phi) is 4.55. The molecule has 0 aliphatic carbocycles. The Morgan fingerprint density at radius 3 is 2.75 bits per heavy atom. The third kappa shape index (κ3) is 3.98. The summed E-state index contributed by atoms with van der Waals surface area (Å²) >= 11 is 0. The first kappa shape index (κ1) is 13.9. The second kappa shape index (κ2) is 6.56. The van der Waals surface area contributed by atoms with Crippen LogP contribution in [-0.2, 0) is 11.3 Å². The fraction of sp³-hybridized carbons (Fsp3) is 0.200. The van der Waals surface area contributed by atoms with E-state index in [1.165, 1.54) is 6.92 Å². The normalized spacial score (nSPS) is 10.1. The topological polar surface area (TPSA) is 71.3 Å². The van der Waals surface area contributed by atoms with E-state index in [1.807, 2.05) is 6.07 Å². The Hall–Kier alpha value is -2.56. The van der Waals surface area contributed by atoms with Crippen LogP contribution in [-0.4, -0.2) is 18.2 Å². The molecule has 0 aliphatic rings. The molecule has 0 bridgehead atoms. The zero-order valence-corrected chi connectivity index (χ0v) is 11.2. The van der Waals surface area contributed by atoms with Gasteiger partial charge in [0.05, 0.1) is 19.4 Å². The van der Waals surface area contributed by atoms with Crippen molar-refractivity contribution < 1.29 is 14.0 Å². The van der Waals surface area contributed by atoms with E-state index in [2.05, 4.69) is 10.6 Å². The lowest BCUT2D eigenvalue weighted by molar-refractivity contribution is -0.119. The summed E-state index contributed by atoms with van der Waals surface area (Å²) in [5.74, 6) is 0.558. The largest absolute Gasteiger partial charge is 0.467 e. The predicted octanol–water partition coefficient (Wildman–Crippen LogP) is 2.21. The number of rotatable bonds is 6. The van der Waals surface area contributed by atoms with Crippen molar-refractivity contribution >= 4 is 17.4 Å². The lowest BCUT2D eigenvalue weighted by atomic mass is 10.1. The third-order valence-electron chi connectivity index (χ3n) is 2.76. The van der Waals surface area contributed by atoms with Crippen molar-refractivity contribution in [3.05, 3.63) is 54.0 Å². The fourth-order valence-corrected chi connectivity index (χ4v) is 1.69. The average molecular weight is 272 g/mol. The standard InChI is InChI=1S/C15H16N2O3/c1-11(18)12-4-2-5-13(8-12)16-10-15(19)17-9-14-6-3-7-20-14/h2-8,16H,9-10H2,1H3,(H,17,19). The summed E-state index contributed by atoms with van der Waals surface area (Å²) in [5, 5.41) is 5.71. The first-order valence-corrected chi connectivity index (χ1v) is 6.29. The van der Waals surface area contributed by atoms with Crippen LogP contribution in [0.5, 0.6) is 0 Å². The summed E-state index contributed by atoms with van der Waals surface area (Å²) in [6.07, 6.45) is 1.56. The van der Waals surface area contributed by atoms with E-state index in [1.54, 1.807) is 36.6 Å². The van der Waals surface area contributed by atoms with Gasteiger partial charge in [-0.2, -0.15) is 0 Å². The van der Waals surface area contributed by atoms with Crippen LogP contribution in [0.15, 0.2) is 47.1 Å². The molecule has 5 heteroatoms. The summed E-state index contributed by atoms with van der Waals surface area (Å²) in [5.41, 5.74) is 1.36. The van der Waals surface area contributed by atoms with E-state index in [9.17, 15) is 9.59 Å². The van der Waals surface area contributed by atoms with Gasteiger partial charge in [0.2, 0.25) is 5.91 Å². The van der Waals surface area contributed by atoms with E-state index >= 15 is 0 Å². The molecule has 2 rings (SSSR count). The minimum atomic E-state index is -0.144. The quantitative estimate of drug-likeness (QED) is 0.791. The maximum Gasteiger partial charge on any atom is 0.239 e. The fourth-order valence-electron chi connectivity index (χ4n) is 1.69. The number of hydrogen-bond acceptors (Lipinski definition) is 4. The molecule has 0 saturated carbocycles. The molecule has 0 fully saturated rings. The van der Waals surface area contributed by atoms with Gasteiger partial charge in [0.25, 0.3) is 0 Å². The molecule has 2 N–H and O–H groups in total. The van der Waals surface area contributed by atoms with Crippen molar-refractivity contribution in [1.82, 2.24) is 5.32 Å². The highest BCUT2D eigenvalue weighted by molar-refractivity contribution is 5.95. The molecule has 1 amide bonds. The van der Waals surface area contributed by atoms with Gasteiger partial charge in [-0.3, -0.25) is 9.59 Å². The molecular weight excluding hydrogens is 256 g/mol. The summed E-state index contributed by atoms with van der Waals surface area (Å²) < 4.78 is 5.12. The smallest absolute Gasteiger partial charge is 0.239 e. The first-order valence-electron chi connectivity index (χ1n) is 6.29. The molecule has 0 aliphatic heterocycles. The number of Topliss-reactive ketones (excluding diaryl/α,β-unsaturated/α-hetero) is 1. The average Bonchev–Trinajstić information content (AvgIpc) is 2.96. The van der Waals surface area contributed by atoms with Crippen LogP contribution in [0.2, 0.25) is 0 Å². The van der Waals surface area contributed by atoms with Gasteiger partial charge in [-0.15, -0.1) is 0 Å². The van der Waals surface area contributed by atoms with Gasteiger partial charge in [0, 0.05) is 11.3 Å². The van der Waals surface area contributed by atoms with Crippen LogP contribution in [0, 0.1) is 0 Å². The summed E-state index contributed by atoms with van der Waals surface area (Å²) in [6.45, 7) is 2.01. The molecule has 104 valence electrons. The number of anilines is 1. The van der Waals surface area contributed by atoms with Gasteiger partial charge in [-0.05, 0) is 31.2 Å². The number of nitrogens with one attached hydrogen (secondary N) is 2. The number of furan rings is 1. The Morgan fingerprint density at radius 1 is 1.20 bits per heavy atom. The van der Waals surface area contributed by atoms with Crippen LogP contribution >= 0.6 is 0 Å². The number of ketones is 1. The molecule has 0 unspecified atom stereocenters. The predicted molar refractivity (Wildman–Crippen MR) is 75.5 cm³/mol. The zero-order chi connectivity index (χ0) is 14.4. The van der Waals surface area contributed by atoms with E-state index in [0.717, 1.165) is 5.69 Å². The van der Waals surface area contributed by atoms with Crippen molar-refractivity contribution in [3.63, 3.8) is 0 Å². The van der Waals surface area contributed by atoms with Gasteiger partial charge < -0.3 is 15.1 Å². The van der Waals surface area contributed by atoms with Crippen LogP contribution in [0.3, 0.4) is 0 Å². The third-order valence-corrected chi connectivity index (χ3v) is 2.76. The van der Waals surface area contributed by atoms with Gasteiger partial charge in [0.1, 0.15) is 5.76 Å². The molecule has 1 aromatic heterocycles. The molecule has 0 radical (unpaired) electrons. The Morgan fingerprint density at radius 2 is 2.05 bits per heavy atom. The molecule has 1 heterocycles. The van der Waals surface area contributed by atoms with Crippen LogP contribution in [0.1, 0.15) is 23.0 Å². The van der Waals surface area contributed by atoms with Gasteiger partial charge in [0.15, 0.2) is 5.78 Å². The Balaban J connectivity index is 1.81. The van der Waals surface area contributed by atoms with Crippen molar-refractivity contribution in [2.75, 3.05) is 11.9 Å². The number of hydrogen-bond donors (Lipinski definition) is 2. The molecule has 2 aromatic rings. The molecule has 0 spiro atoms. The highest BCUT2D eigenvalue weighted by Crippen LogP contribution is 2.10. The molecule has 20 heavy (non-hydrogen) atoms. The summed E-state index contributed by atoms with van der Waals surface area (Å²) in [7, 11) is 0. The molecule has 5 nitrogen and oxygen atoms in total. The summed E-state index contributed by atoms with van der Waals surface area (Å²) in [4.78, 5) is 22.9. The molecule has 1 aromatic carbocycles. The molecular formula is C15H16N2O3. The van der Waals surface area contributed by atoms with Crippen LogP contribution < -0.4 is 10.6 Å². The van der Waals surface area contributed by atoms with Gasteiger partial charge in [-0.1, -0.05) is 12.1 Å². The first-order chi connectivity index (χ1) is 9.65. The van der Waals surface area contributed by atoms with E-state index in [-0.39, 0.29) is 18.2 Å². The highest BCUT2D eigenvalue weighted by atomic mass is 16.3. The second-order valence-corrected chi connectivity index (χ2v) is 4.35. The van der Waals surface area contributed by atoms with Crippen LogP contribution in [0.4, 0.5) is 5.69 Å². The second-order valence-electron chi connectivity index (χ2n) is 4.35. The maximum atomic E-state index is 11.6. The number of carbonyl (C=O) groups excluding carboxylic acids is 2. The number of carbonyl (C=O) groups is 2. The van der Waals surface area contributed by atoms with Crippen molar-refractivity contribution in [2.24, 2.45) is 0 Å². The van der Waals surface area contributed by atoms with Crippen molar-refractivity contribution in [1.29, 1.82) is 0 Å². The maximum absolute atomic E-state index is 11.6.